The zero-order valence-electron chi connectivity index (χ0n) is 10.4. The van der Waals surface area contributed by atoms with Crippen molar-refractivity contribution in [2.24, 2.45) is 5.73 Å². The highest BCUT2D eigenvalue weighted by Gasteiger charge is 2.19. The number of rotatable bonds is 2. The van der Waals surface area contributed by atoms with Gasteiger partial charge < -0.3 is 15.4 Å². The van der Waals surface area contributed by atoms with Gasteiger partial charge in [0.15, 0.2) is 0 Å². The van der Waals surface area contributed by atoms with Gasteiger partial charge in [-0.15, -0.1) is 0 Å². The van der Waals surface area contributed by atoms with E-state index in [1.807, 2.05) is 6.07 Å². The molecule has 0 aliphatic carbocycles. The van der Waals surface area contributed by atoms with E-state index in [4.69, 9.17) is 17.3 Å². The number of hydrogen-bond donors (Lipinski definition) is 1. The van der Waals surface area contributed by atoms with Gasteiger partial charge in [-0.1, -0.05) is 11.6 Å². The molecule has 0 radical (unpaired) electrons. The Morgan fingerprint density at radius 1 is 1.44 bits per heavy atom. The van der Waals surface area contributed by atoms with Crippen molar-refractivity contribution in [2.75, 3.05) is 25.1 Å². The van der Waals surface area contributed by atoms with Crippen LogP contribution in [0.25, 0.3) is 0 Å². The molecule has 0 spiro atoms. The maximum atomic E-state index is 11.4. The number of halogens is 1. The van der Waals surface area contributed by atoms with Crippen molar-refractivity contribution in [1.82, 2.24) is 0 Å². The molecule has 4 nitrogen and oxygen atoms in total. The standard InChI is InChI=1S/C13H17ClN2O2/c1-18-13(17)9-2-3-12(11(14)8-9)16-6-4-10(15)5-7-16/h2-3,8,10H,4-7,15H2,1H3. The number of nitrogens with zero attached hydrogens (tertiary/aromatic N) is 1. The van der Waals surface area contributed by atoms with Crippen molar-refractivity contribution < 1.29 is 9.53 Å². The van der Waals surface area contributed by atoms with Gasteiger partial charge in [0, 0.05) is 19.1 Å². The number of carbonyl (C=O) groups is 1. The van der Waals surface area contributed by atoms with E-state index in [1.54, 1.807) is 12.1 Å². The summed E-state index contributed by atoms with van der Waals surface area (Å²) in [6.45, 7) is 1.80. The highest BCUT2D eigenvalue weighted by atomic mass is 35.5. The second-order valence-electron chi connectivity index (χ2n) is 4.48. The fraction of sp³-hybridized carbons (Fsp3) is 0.462. The van der Waals surface area contributed by atoms with E-state index in [2.05, 4.69) is 9.64 Å². The molecule has 1 heterocycles. The molecular formula is C13H17ClN2O2. The number of nitrogens with two attached hydrogens (primary N) is 1. The first kappa shape index (κ1) is 13.2. The van der Waals surface area contributed by atoms with Crippen molar-refractivity contribution in [2.45, 2.75) is 18.9 Å². The summed E-state index contributed by atoms with van der Waals surface area (Å²) in [7, 11) is 1.36. The number of piperidine rings is 1. The minimum absolute atomic E-state index is 0.286. The van der Waals surface area contributed by atoms with Gasteiger partial charge in [-0.3, -0.25) is 0 Å². The second-order valence-corrected chi connectivity index (χ2v) is 4.89. The van der Waals surface area contributed by atoms with Crippen LogP contribution in [0, 0.1) is 0 Å². The molecule has 1 fully saturated rings. The number of esters is 1. The third kappa shape index (κ3) is 2.76. The molecule has 2 N–H and O–H groups in total. The zero-order chi connectivity index (χ0) is 13.1. The Balaban J connectivity index is 2.17. The van der Waals surface area contributed by atoms with E-state index in [1.165, 1.54) is 7.11 Å². The van der Waals surface area contributed by atoms with E-state index in [9.17, 15) is 4.79 Å². The normalized spacial score (nSPS) is 16.7. The predicted molar refractivity (Wildman–Crippen MR) is 72.2 cm³/mol. The Labute approximate surface area is 112 Å². The van der Waals surface area contributed by atoms with Gasteiger partial charge in [-0.25, -0.2) is 4.79 Å². The van der Waals surface area contributed by atoms with E-state index in [-0.39, 0.29) is 12.0 Å². The minimum atomic E-state index is -0.371. The van der Waals surface area contributed by atoms with Crippen LogP contribution in [0.1, 0.15) is 23.2 Å². The van der Waals surface area contributed by atoms with E-state index in [0.717, 1.165) is 31.6 Å². The number of anilines is 1. The van der Waals surface area contributed by atoms with Crippen LogP contribution in [0.15, 0.2) is 18.2 Å². The van der Waals surface area contributed by atoms with Gasteiger partial charge >= 0.3 is 5.97 Å². The van der Waals surface area contributed by atoms with E-state index < -0.39 is 0 Å². The summed E-state index contributed by atoms with van der Waals surface area (Å²) in [5, 5.41) is 0.577. The zero-order valence-corrected chi connectivity index (χ0v) is 11.1. The van der Waals surface area contributed by atoms with Crippen LogP contribution >= 0.6 is 11.6 Å². The smallest absolute Gasteiger partial charge is 0.337 e. The maximum Gasteiger partial charge on any atom is 0.337 e. The van der Waals surface area contributed by atoms with Crippen molar-refractivity contribution in [3.8, 4) is 0 Å². The first-order valence-corrected chi connectivity index (χ1v) is 6.38. The van der Waals surface area contributed by atoms with Crippen LogP contribution in [0.2, 0.25) is 5.02 Å². The minimum Gasteiger partial charge on any atom is -0.465 e. The van der Waals surface area contributed by atoms with Gasteiger partial charge in [-0.05, 0) is 31.0 Å². The van der Waals surface area contributed by atoms with Crippen molar-refractivity contribution in [3.63, 3.8) is 0 Å². The fourth-order valence-electron chi connectivity index (χ4n) is 2.15. The maximum absolute atomic E-state index is 11.4. The Kier molecular flexibility index (Phi) is 4.09. The lowest BCUT2D eigenvalue weighted by molar-refractivity contribution is 0.0601. The topological polar surface area (TPSA) is 55.6 Å². The van der Waals surface area contributed by atoms with Gasteiger partial charge in [0.25, 0.3) is 0 Å². The Morgan fingerprint density at radius 3 is 2.67 bits per heavy atom. The molecule has 98 valence electrons. The summed E-state index contributed by atoms with van der Waals surface area (Å²) in [5.41, 5.74) is 7.30. The molecule has 0 atom stereocenters. The number of ether oxygens (including phenoxy) is 1. The summed E-state index contributed by atoms with van der Waals surface area (Å²) in [5.74, 6) is -0.371. The summed E-state index contributed by atoms with van der Waals surface area (Å²) in [4.78, 5) is 13.6. The Hall–Kier alpha value is -1.26. The fourth-order valence-corrected chi connectivity index (χ4v) is 2.45. The number of benzene rings is 1. The molecule has 1 aromatic rings. The quantitative estimate of drug-likeness (QED) is 0.834. The van der Waals surface area contributed by atoms with Crippen LogP contribution in [0.5, 0.6) is 0 Å². The first-order valence-electron chi connectivity index (χ1n) is 6.00. The molecule has 0 saturated carbocycles. The van der Waals surface area contributed by atoms with E-state index >= 15 is 0 Å². The van der Waals surface area contributed by atoms with E-state index in [0.29, 0.717) is 10.6 Å². The molecule has 0 unspecified atom stereocenters. The molecule has 1 saturated heterocycles. The van der Waals surface area contributed by atoms with Crippen LogP contribution in [0.3, 0.4) is 0 Å². The summed E-state index contributed by atoms with van der Waals surface area (Å²) < 4.78 is 4.66. The average Bonchev–Trinajstić information content (AvgIpc) is 2.39. The molecule has 1 aliphatic heterocycles. The SMILES string of the molecule is COC(=O)c1ccc(N2CCC(N)CC2)c(Cl)c1. The molecule has 0 aromatic heterocycles. The van der Waals surface area contributed by atoms with Crippen molar-refractivity contribution >= 4 is 23.3 Å². The second kappa shape index (κ2) is 5.59. The lowest BCUT2D eigenvalue weighted by Crippen LogP contribution is -2.39. The molecule has 1 aliphatic rings. The number of methoxy groups -OCH3 is 1. The largest absolute Gasteiger partial charge is 0.465 e. The lowest BCUT2D eigenvalue weighted by atomic mass is 10.1. The highest BCUT2D eigenvalue weighted by Crippen LogP contribution is 2.29. The Bertz CT molecular complexity index is 443. The summed E-state index contributed by atoms with van der Waals surface area (Å²) >= 11 is 6.22. The molecule has 18 heavy (non-hydrogen) atoms. The lowest BCUT2D eigenvalue weighted by Gasteiger charge is -2.32. The molecule has 1 aromatic carbocycles. The molecule has 2 rings (SSSR count). The van der Waals surface area contributed by atoms with Gasteiger partial charge in [0.05, 0.1) is 23.4 Å². The molecular weight excluding hydrogens is 252 g/mol. The van der Waals surface area contributed by atoms with Crippen LogP contribution in [0.4, 0.5) is 5.69 Å². The van der Waals surface area contributed by atoms with Crippen LogP contribution in [-0.4, -0.2) is 32.2 Å². The monoisotopic (exact) mass is 268 g/mol. The average molecular weight is 269 g/mol. The van der Waals surface area contributed by atoms with Crippen molar-refractivity contribution in [1.29, 1.82) is 0 Å². The third-order valence-corrected chi connectivity index (χ3v) is 3.55. The van der Waals surface area contributed by atoms with Crippen molar-refractivity contribution in [3.05, 3.63) is 28.8 Å². The van der Waals surface area contributed by atoms with Gasteiger partial charge in [0.1, 0.15) is 0 Å². The number of hydrogen-bond acceptors (Lipinski definition) is 4. The summed E-state index contributed by atoms with van der Waals surface area (Å²) in [6, 6.07) is 5.54. The molecule has 0 amide bonds. The summed E-state index contributed by atoms with van der Waals surface area (Å²) in [6.07, 6.45) is 1.93. The molecule has 0 bridgehead atoms. The first-order chi connectivity index (χ1) is 8.61. The Morgan fingerprint density at radius 2 is 2.11 bits per heavy atom. The number of carbonyl (C=O) groups excluding carboxylic acids is 1. The van der Waals surface area contributed by atoms with Crippen LogP contribution in [-0.2, 0) is 4.74 Å². The third-order valence-electron chi connectivity index (χ3n) is 3.25. The molecule has 5 heteroatoms. The predicted octanol–water partition coefficient (Wildman–Crippen LogP) is 2.05. The highest BCUT2D eigenvalue weighted by molar-refractivity contribution is 6.33. The van der Waals surface area contributed by atoms with Gasteiger partial charge in [0.2, 0.25) is 0 Å². The van der Waals surface area contributed by atoms with Crippen LogP contribution < -0.4 is 10.6 Å². The van der Waals surface area contributed by atoms with Gasteiger partial charge in [-0.2, -0.15) is 0 Å².